The van der Waals surface area contributed by atoms with Gasteiger partial charge in [0.2, 0.25) is 0 Å². The minimum atomic E-state index is -3.89. The highest BCUT2D eigenvalue weighted by atomic mass is 32.2. The summed E-state index contributed by atoms with van der Waals surface area (Å²) < 4.78 is 47.1. The van der Waals surface area contributed by atoms with Gasteiger partial charge in [-0.05, 0) is 75.6 Å². The van der Waals surface area contributed by atoms with Crippen molar-refractivity contribution < 1.29 is 37.3 Å². The number of likely N-dealkylation sites (N-methyl/N-ethyl adjacent to an activating group) is 1. The summed E-state index contributed by atoms with van der Waals surface area (Å²) in [6, 6.07) is 10.6. The molecule has 3 N–H and O–H groups in total. The van der Waals surface area contributed by atoms with Gasteiger partial charge >= 0.3 is 6.03 Å². The standard InChI is InChI=1S/C34H48N6O8S/c1-23-18-40(24(2)21-41)33(42)29-17-27(37-34(43)36-26-10-13-28(46-6)14-11-26)12-15-30(29)48-25(3)9-7-8-16-47-31(23)19-39(5)49(44,45)32-20-38(4)22-35-32/h10-15,17,20,22-25,31,41H,7-9,16,18-19,21H2,1-6H3,(H2,36,37,43)/t23-,24-,25-,31+/m1/s1. The van der Waals surface area contributed by atoms with Crippen molar-refractivity contribution in [3.05, 3.63) is 60.6 Å². The van der Waals surface area contributed by atoms with E-state index in [1.807, 2.05) is 13.8 Å². The lowest BCUT2D eigenvalue weighted by Crippen LogP contribution is -2.48. The summed E-state index contributed by atoms with van der Waals surface area (Å²) >= 11 is 0. The zero-order valence-electron chi connectivity index (χ0n) is 29.0. The maximum Gasteiger partial charge on any atom is 0.323 e. The van der Waals surface area contributed by atoms with Gasteiger partial charge in [-0.2, -0.15) is 4.31 Å². The summed E-state index contributed by atoms with van der Waals surface area (Å²) in [4.78, 5) is 32.8. The third kappa shape index (κ3) is 9.94. The number of ether oxygens (including phenoxy) is 3. The third-order valence-corrected chi connectivity index (χ3v) is 10.2. The highest BCUT2D eigenvalue weighted by Crippen LogP contribution is 2.29. The van der Waals surface area contributed by atoms with Crippen molar-refractivity contribution in [2.45, 2.75) is 63.3 Å². The van der Waals surface area contributed by atoms with E-state index in [-0.39, 0.29) is 42.3 Å². The largest absolute Gasteiger partial charge is 0.497 e. The van der Waals surface area contributed by atoms with Gasteiger partial charge in [-0.15, -0.1) is 0 Å². The predicted octanol–water partition coefficient (Wildman–Crippen LogP) is 4.19. The number of anilines is 2. The van der Waals surface area contributed by atoms with Gasteiger partial charge in [-0.3, -0.25) is 4.79 Å². The molecule has 2 heterocycles. The Kier molecular flexibility index (Phi) is 13.0. The second-order valence-electron chi connectivity index (χ2n) is 12.5. The Labute approximate surface area is 288 Å². The lowest BCUT2D eigenvalue weighted by Gasteiger charge is -2.35. The number of rotatable bonds is 9. The van der Waals surface area contributed by atoms with E-state index in [2.05, 4.69) is 15.6 Å². The van der Waals surface area contributed by atoms with Crippen LogP contribution in [-0.2, 0) is 21.8 Å². The van der Waals surface area contributed by atoms with Crippen LogP contribution in [0.5, 0.6) is 11.5 Å². The number of benzene rings is 2. The maximum atomic E-state index is 14.4. The number of carbonyl (C=O) groups excluding carboxylic acids is 2. The fourth-order valence-corrected chi connectivity index (χ4v) is 6.61. The van der Waals surface area contributed by atoms with E-state index in [9.17, 15) is 23.1 Å². The van der Waals surface area contributed by atoms with Crippen LogP contribution in [-0.4, -0.2) is 103 Å². The number of imidazole rings is 1. The van der Waals surface area contributed by atoms with E-state index in [1.165, 1.54) is 28.8 Å². The molecule has 0 saturated carbocycles. The van der Waals surface area contributed by atoms with Gasteiger partial charge in [0.1, 0.15) is 11.5 Å². The molecule has 0 radical (unpaired) electrons. The van der Waals surface area contributed by atoms with E-state index in [0.29, 0.717) is 35.9 Å². The quantitative estimate of drug-likeness (QED) is 0.297. The number of nitrogens with zero attached hydrogens (tertiary/aromatic N) is 4. The topological polar surface area (TPSA) is 165 Å². The number of methoxy groups -OCH3 is 1. The SMILES string of the molecule is COc1ccc(NC(=O)Nc2ccc3c(c2)C(=O)N([C@H](C)CO)C[C@@H](C)[C@H](CN(C)S(=O)(=O)c2cn(C)cn2)OCCCC[C@@H](C)O3)cc1. The number of sulfonamides is 1. The fourth-order valence-electron chi connectivity index (χ4n) is 5.46. The van der Waals surface area contributed by atoms with Gasteiger partial charge in [-0.25, -0.2) is 18.2 Å². The Morgan fingerprint density at radius 1 is 1.14 bits per heavy atom. The molecule has 4 atom stereocenters. The monoisotopic (exact) mass is 700 g/mol. The number of urea groups is 1. The molecule has 2 aromatic carbocycles. The highest BCUT2D eigenvalue weighted by molar-refractivity contribution is 7.89. The molecule has 3 aromatic rings. The zero-order chi connectivity index (χ0) is 35.7. The van der Waals surface area contributed by atoms with Gasteiger partial charge < -0.3 is 39.4 Å². The molecular weight excluding hydrogens is 652 g/mol. The van der Waals surface area contributed by atoms with Crippen LogP contribution in [0.25, 0.3) is 0 Å². The molecule has 0 fully saturated rings. The number of nitrogens with one attached hydrogen (secondary N) is 2. The first kappa shape index (κ1) is 37.6. The number of aliphatic hydroxyl groups is 1. The first-order valence-corrected chi connectivity index (χ1v) is 17.8. The average molecular weight is 701 g/mol. The summed E-state index contributed by atoms with van der Waals surface area (Å²) in [6.07, 6.45) is 4.26. The minimum Gasteiger partial charge on any atom is -0.497 e. The summed E-state index contributed by atoms with van der Waals surface area (Å²) in [7, 11) is 0.848. The van der Waals surface area contributed by atoms with Crippen LogP contribution in [0, 0.1) is 5.92 Å². The summed E-state index contributed by atoms with van der Waals surface area (Å²) in [5.74, 6) is 0.245. The number of aromatic nitrogens is 2. The van der Waals surface area contributed by atoms with Crippen molar-refractivity contribution in [3.63, 3.8) is 0 Å². The first-order valence-electron chi connectivity index (χ1n) is 16.3. The van der Waals surface area contributed by atoms with Gasteiger partial charge in [-0.1, -0.05) is 6.92 Å². The Morgan fingerprint density at radius 2 is 1.84 bits per heavy atom. The average Bonchev–Trinajstić information content (AvgIpc) is 3.53. The lowest BCUT2D eigenvalue weighted by molar-refractivity contribution is -0.00835. The Bertz CT molecular complexity index is 1660. The van der Waals surface area contributed by atoms with Crippen LogP contribution in [0.15, 0.2) is 60.0 Å². The van der Waals surface area contributed by atoms with Crippen molar-refractivity contribution in [3.8, 4) is 11.5 Å². The molecule has 0 aliphatic carbocycles. The molecule has 1 aliphatic rings. The van der Waals surface area contributed by atoms with Gasteiger partial charge in [0, 0.05) is 57.3 Å². The van der Waals surface area contributed by atoms with Gasteiger partial charge in [0.25, 0.3) is 15.9 Å². The number of aryl methyl sites for hydroxylation is 1. The number of fused-ring (bicyclic) bond motifs is 1. The number of carbonyl (C=O) groups is 2. The van der Waals surface area contributed by atoms with Crippen LogP contribution in [0.2, 0.25) is 0 Å². The lowest BCUT2D eigenvalue weighted by atomic mass is 10.0. The second-order valence-corrected chi connectivity index (χ2v) is 14.5. The molecule has 0 spiro atoms. The number of hydrogen-bond donors (Lipinski definition) is 3. The highest BCUT2D eigenvalue weighted by Gasteiger charge is 2.33. The van der Waals surface area contributed by atoms with Crippen LogP contribution < -0.4 is 20.1 Å². The summed E-state index contributed by atoms with van der Waals surface area (Å²) in [5.41, 5.74) is 1.13. The Balaban J connectivity index is 1.61. The molecular formula is C34H48N6O8S. The number of hydrogen-bond acceptors (Lipinski definition) is 9. The zero-order valence-corrected chi connectivity index (χ0v) is 29.8. The fraction of sp³-hybridized carbons (Fsp3) is 0.500. The first-order chi connectivity index (χ1) is 23.3. The molecule has 3 amide bonds. The molecule has 4 rings (SSSR count). The Morgan fingerprint density at radius 3 is 2.49 bits per heavy atom. The molecule has 0 bridgehead atoms. The number of amides is 3. The number of aliphatic hydroxyl groups excluding tert-OH is 1. The van der Waals surface area contributed by atoms with Crippen LogP contribution >= 0.6 is 0 Å². The van der Waals surface area contributed by atoms with E-state index in [1.54, 1.807) is 68.1 Å². The van der Waals surface area contributed by atoms with Crippen LogP contribution in [0.1, 0.15) is 50.4 Å². The van der Waals surface area contributed by atoms with Crippen molar-refractivity contribution in [1.82, 2.24) is 18.8 Å². The molecule has 1 aromatic heterocycles. The van der Waals surface area contributed by atoms with E-state index in [0.717, 1.165) is 12.8 Å². The van der Waals surface area contributed by atoms with Crippen molar-refractivity contribution in [1.29, 1.82) is 0 Å². The summed E-state index contributed by atoms with van der Waals surface area (Å²) in [6.45, 7) is 5.81. The molecule has 0 unspecified atom stereocenters. The van der Waals surface area contributed by atoms with Crippen molar-refractivity contribution in [2.75, 3.05) is 51.1 Å². The molecule has 0 saturated heterocycles. The normalized spacial score (nSPS) is 20.1. The molecule has 49 heavy (non-hydrogen) atoms. The van der Waals surface area contributed by atoms with E-state index >= 15 is 0 Å². The van der Waals surface area contributed by atoms with Gasteiger partial charge in [0.15, 0.2) is 5.03 Å². The second kappa shape index (κ2) is 17.0. The smallest absolute Gasteiger partial charge is 0.323 e. The predicted molar refractivity (Wildman–Crippen MR) is 186 cm³/mol. The third-order valence-electron chi connectivity index (χ3n) is 8.45. The van der Waals surface area contributed by atoms with Crippen LogP contribution in [0.3, 0.4) is 0 Å². The maximum absolute atomic E-state index is 14.4. The van der Waals surface area contributed by atoms with E-state index in [4.69, 9.17) is 14.2 Å². The molecule has 268 valence electrons. The van der Waals surface area contributed by atoms with Crippen molar-refractivity contribution in [2.24, 2.45) is 13.0 Å². The van der Waals surface area contributed by atoms with Crippen LogP contribution in [0.4, 0.5) is 16.2 Å². The molecule has 1 aliphatic heterocycles. The van der Waals surface area contributed by atoms with Crippen molar-refractivity contribution >= 4 is 33.3 Å². The molecule has 15 heteroatoms. The molecule has 14 nitrogen and oxygen atoms in total. The van der Waals surface area contributed by atoms with E-state index < -0.39 is 34.1 Å². The Hall–Kier alpha value is -4.18. The summed E-state index contributed by atoms with van der Waals surface area (Å²) in [5, 5.41) is 15.7. The van der Waals surface area contributed by atoms with Gasteiger partial charge in [0.05, 0.1) is 43.9 Å². The minimum absolute atomic E-state index is 0.0308.